The van der Waals surface area contributed by atoms with Gasteiger partial charge in [0.05, 0.1) is 12.1 Å². The summed E-state index contributed by atoms with van der Waals surface area (Å²) in [4.78, 5) is 28.4. The van der Waals surface area contributed by atoms with Gasteiger partial charge < -0.3 is 15.0 Å². The van der Waals surface area contributed by atoms with Crippen molar-refractivity contribution in [2.45, 2.75) is 51.2 Å². The van der Waals surface area contributed by atoms with E-state index in [0.717, 1.165) is 36.9 Å². The molecule has 4 rings (SSSR count). The maximum absolute atomic E-state index is 13.3. The van der Waals surface area contributed by atoms with Crippen LogP contribution in [-0.4, -0.2) is 29.4 Å². The van der Waals surface area contributed by atoms with E-state index >= 15 is 0 Å². The van der Waals surface area contributed by atoms with Crippen LogP contribution in [0.4, 0.5) is 4.39 Å². The van der Waals surface area contributed by atoms with Gasteiger partial charge in [-0.05, 0) is 55.9 Å². The molecule has 0 saturated carbocycles. The molecule has 1 amide bonds. The molecule has 2 heterocycles. The molecule has 1 fully saturated rings. The first kappa shape index (κ1) is 17.9. The highest BCUT2D eigenvalue weighted by molar-refractivity contribution is 6.04. The smallest absolute Gasteiger partial charge is 0.268 e. The minimum atomic E-state index is -0.365. The van der Waals surface area contributed by atoms with E-state index in [9.17, 15) is 14.0 Å². The van der Waals surface area contributed by atoms with Gasteiger partial charge in [-0.15, -0.1) is 0 Å². The van der Waals surface area contributed by atoms with Crippen molar-refractivity contribution in [1.29, 1.82) is 0 Å². The van der Waals surface area contributed by atoms with E-state index in [0.29, 0.717) is 29.8 Å². The number of aromatic amines is 1. The van der Waals surface area contributed by atoms with Crippen molar-refractivity contribution in [3.63, 3.8) is 0 Å². The minimum absolute atomic E-state index is 0.0956. The number of H-pyrrole nitrogens is 1. The lowest BCUT2D eigenvalue weighted by atomic mass is 9.93. The standard InChI is InChI=1S/C21H23FN2O3/c1-12-18-15(4-2-5-16(18)25)23-19(12)21(26)24-20(17-6-3-11-27-17)13-7-9-14(22)10-8-13/h7-10,17,20,23H,2-6,11H2,1H3,(H,24,26). The Balaban J connectivity index is 1.62. The number of carbonyl (C=O) groups is 2. The Bertz CT molecular complexity index is 866. The van der Waals surface area contributed by atoms with Crippen molar-refractivity contribution in [2.75, 3.05) is 6.61 Å². The number of aryl methyl sites for hydroxylation is 1. The predicted molar refractivity (Wildman–Crippen MR) is 98.4 cm³/mol. The van der Waals surface area contributed by atoms with Gasteiger partial charge in [0.2, 0.25) is 0 Å². The molecule has 0 radical (unpaired) electrons. The van der Waals surface area contributed by atoms with Crippen molar-refractivity contribution in [3.05, 3.63) is 58.2 Å². The van der Waals surface area contributed by atoms with E-state index in [1.807, 2.05) is 6.92 Å². The van der Waals surface area contributed by atoms with Crippen LogP contribution < -0.4 is 5.32 Å². The van der Waals surface area contributed by atoms with Crippen LogP contribution in [0.25, 0.3) is 0 Å². The van der Waals surface area contributed by atoms with Gasteiger partial charge in [0, 0.05) is 24.3 Å². The molecule has 2 atom stereocenters. The number of ketones is 1. The maximum atomic E-state index is 13.3. The number of halogens is 1. The number of ether oxygens (including phenoxy) is 1. The van der Waals surface area contributed by atoms with Crippen LogP contribution in [0, 0.1) is 12.7 Å². The van der Waals surface area contributed by atoms with Crippen molar-refractivity contribution in [1.82, 2.24) is 10.3 Å². The Hall–Kier alpha value is -2.47. The Morgan fingerprint density at radius 3 is 2.70 bits per heavy atom. The molecule has 0 bridgehead atoms. The summed E-state index contributed by atoms with van der Waals surface area (Å²) in [5.74, 6) is -0.486. The van der Waals surface area contributed by atoms with E-state index in [4.69, 9.17) is 4.74 Å². The quantitative estimate of drug-likeness (QED) is 0.863. The Kier molecular flexibility index (Phi) is 4.83. The summed E-state index contributed by atoms with van der Waals surface area (Å²) in [5, 5.41) is 3.05. The first-order valence-corrected chi connectivity index (χ1v) is 9.47. The molecular formula is C21H23FN2O3. The van der Waals surface area contributed by atoms with Gasteiger partial charge in [-0.25, -0.2) is 4.39 Å². The summed E-state index contributed by atoms with van der Waals surface area (Å²) in [7, 11) is 0. The number of hydrogen-bond donors (Lipinski definition) is 2. The fourth-order valence-electron chi connectivity index (χ4n) is 4.14. The Morgan fingerprint density at radius 2 is 2.04 bits per heavy atom. The molecule has 1 aromatic carbocycles. The van der Waals surface area contributed by atoms with Crippen molar-refractivity contribution >= 4 is 11.7 Å². The average molecular weight is 370 g/mol. The SMILES string of the molecule is Cc1c(C(=O)NC(c2ccc(F)cc2)C2CCCO2)[nH]c2c1C(=O)CCC2. The summed E-state index contributed by atoms with van der Waals surface area (Å²) in [6.07, 6.45) is 3.74. The van der Waals surface area contributed by atoms with E-state index < -0.39 is 0 Å². The molecule has 27 heavy (non-hydrogen) atoms. The van der Waals surface area contributed by atoms with Crippen LogP contribution in [0.2, 0.25) is 0 Å². The van der Waals surface area contributed by atoms with Gasteiger partial charge in [-0.3, -0.25) is 9.59 Å². The van der Waals surface area contributed by atoms with Crippen LogP contribution in [0.3, 0.4) is 0 Å². The Labute approximate surface area is 157 Å². The highest BCUT2D eigenvalue weighted by Crippen LogP contribution is 2.30. The molecule has 1 aliphatic heterocycles. The van der Waals surface area contributed by atoms with E-state index in [-0.39, 0.29) is 29.7 Å². The van der Waals surface area contributed by atoms with Crippen LogP contribution in [0.1, 0.15) is 69.4 Å². The van der Waals surface area contributed by atoms with Crippen LogP contribution in [0.15, 0.2) is 24.3 Å². The summed E-state index contributed by atoms with van der Waals surface area (Å²) in [6.45, 7) is 2.47. The molecule has 2 aromatic rings. The van der Waals surface area contributed by atoms with Crippen molar-refractivity contribution in [3.8, 4) is 0 Å². The molecule has 1 aromatic heterocycles. The number of amides is 1. The molecule has 1 aliphatic carbocycles. The first-order chi connectivity index (χ1) is 13.0. The average Bonchev–Trinajstić information content (AvgIpc) is 3.29. The zero-order valence-corrected chi connectivity index (χ0v) is 15.3. The van der Waals surface area contributed by atoms with Crippen LogP contribution in [-0.2, 0) is 11.2 Å². The number of benzene rings is 1. The van der Waals surface area contributed by atoms with E-state index in [1.54, 1.807) is 12.1 Å². The fraction of sp³-hybridized carbons (Fsp3) is 0.429. The van der Waals surface area contributed by atoms with E-state index in [2.05, 4.69) is 10.3 Å². The second-order valence-corrected chi connectivity index (χ2v) is 7.31. The summed E-state index contributed by atoms with van der Waals surface area (Å²) < 4.78 is 19.1. The largest absolute Gasteiger partial charge is 0.376 e. The third kappa shape index (κ3) is 3.41. The normalized spacial score (nSPS) is 20.4. The molecule has 2 unspecified atom stereocenters. The molecule has 6 heteroatoms. The summed E-state index contributed by atoms with van der Waals surface area (Å²) in [6, 6.07) is 5.77. The van der Waals surface area contributed by atoms with Crippen LogP contribution >= 0.6 is 0 Å². The number of carbonyl (C=O) groups excluding carboxylic acids is 2. The highest BCUT2D eigenvalue weighted by atomic mass is 19.1. The third-order valence-electron chi connectivity index (χ3n) is 5.52. The molecule has 2 N–H and O–H groups in total. The topological polar surface area (TPSA) is 71.2 Å². The predicted octanol–water partition coefficient (Wildman–Crippen LogP) is 3.63. The number of nitrogens with one attached hydrogen (secondary N) is 2. The van der Waals surface area contributed by atoms with Gasteiger partial charge in [0.25, 0.3) is 5.91 Å². The fourth-order valence-corrected chi connectivity index (χ4v) is 4.14. The number of rotatable bonds is 4. The van der Waals surface area contributed by atoms with Crippen LogP contribution in [0.5, 0.6) is 0 Å². The summed E-state index contributed by atoms with van der Waals surface area (Å²) in [5.41, 5.74) is 3.46. The highest BCUT2D eigenvalue weighted by Gasteiger charge is 2.31. The first-order valence-electron chi connectivity index (χ1n) is 9.47. The molecule has 142 valence electrons. The van der Waals surface area contributed by atoms with Gasteiger partial charge in [-0.2, -0.15) is 0 Å². The van der Waals surface area contributed by atoms with Gasteiger partial charge in [0.15, 0.2) is 5.78 Å². The number of hydrogen-bond acceptors (Lipinski definition) is 3. The third-order valence-corrected chi connectivity index (χ3v) is 5.52. The van der Waals surface area contributed by atoms with E-state index in [1.165, 1.54) is 12.1 Å². The van der Waals surface area contributed by atoms with Gasteiger partial charge >= 0.3 is 0 Å². The second-order valence-electron chi connectivity index (χ2n) is 7.31. The lowest BCUT2D eigenvalue weighted by Crippen LogP contribution is -2.36. The van der Waals surface area contributed by atoms with Gasteiger partial charge in [-0.1, -0.05) is 12.1 Å². The van der Waals surface area contributed by atoms with Crippen molar-refractivity contribution < 1.29 is 18.7 Å². The molecular weight excluding hydrogens is 347 g/mol. The lowest BCUT2D eigenvalue weighted by Gasteiger charge is -2.24. The minimum Gasteiger partial charge on any atom is -0.376 e. The molecule has 5 nitrogen and oxygen atoms in total. The summed E-state index contributed by atoms with van der Waals surface area (Å²) >= 11 is 0. The lowest BCUT2D eigenvalue weighted by molar-refractivity contribution is 0.0669. The number of fused-ring (bicyclic) bond motifs is 1. The zero-order chi connectivity index (χ0) is 19.0. The maximum Gasteiger partial charge on any atom is 0.268 e. The zero-order valence-electron chi connectivity index (χ0n) is 15.3. The Morgan fingerprint density at radius 1 is 1.26 bits per heavy atom. The molecule has 0 spiro atoms. The number of aromatic nitrogens is 1. The monoisotopic (exact) mass is 370 g/mol. The molecule has 1 saturated heterocycles. The van der Waals surface area contributed by atoms with Gasteiger partial charge in [0.1, 0.15) is 11.5 Å². The second kappa shape index (κ2) is 7.27. The van der Waals surface area contributed by atoms with Crippen molar-refractivity contribution in [2.24, 2.45) is 0 Å². The molecule has 2 aliphatic rings. The number of Topliss-reactive ketones (excluding diaryl/α,β-unsaturated/α-hetero) is 1.